The molecule has 0 aliphatic rings. The van der Waals surface area contributed by atoms with Gasteiger partial charge in [0.1, 0.15) is 17.5 Å². The van der Waals surface area contributed by atoms with Crippen molar-refractivity contribution in [1.29, 1.82) is 0 Å². The second-order valence-electron chi connectivity index (χ2n) is 7.70. The molecule has 3 aromatic carbocycles. The number of nitro groups is 2. The first kappa shape index (κ1) is 27.8. The lowest BCUT2D eigenvalue weighted by atomic mass is 10.1. The van der Waals surface area contributed by atoms with Crippen LogP contribution >= 0.6 is 0 Å². The summed E-state index contributed by atoms with van der Waals surface area (Å²) < 4.78 is 32.5. The molecular weight excluding hydrogens is 480 g/mol. The van der Waals surface area contributed by atoms with Crippen LogP contribution in [0.5, 0.6) is 5.75 Å². The van der Waals surface area contributed by atoms with Crippen LogP contribution in [0.25, 0.3) is 0 Å². The van der Waals surface area contributed by atoms with Gasteiger partial charge in [-0.3, -0.25) is 20.2 Å². The molecule has 0 fully saturated rings. The number of non-ortho nitro benzene ring substituents is 1. The highest BCUT2D eigenvalue weighted by Crippen LogP contribution is 2.27. The second-order valence-corrected chi connectivity index (χ2v) is 7.70. The molecule has 36 heavy (non-hydrogen) atoms. The average molecular weight is 503 g/mol. The topological polar surface area (TPSA) is 136 Å². The molecule has 0 aromatic heterocycles. The minimum absolute atomic E-state index is 0.0732. The van der Waals surface area contributed by atoms with Gasteiger partial charge in [0, 0.05) is 37.2 Å². The smallest absolute Gasteiger partial charge is 0.342 e. The Bertz CT molecular complexity index is 1220. The minimum Gasteiger partial charge on any atom is -0.483 e. The van der Waals surface area contributed by atoms with Crippen LogP contribution in [0.1, 0.15) is 28.4 Å². The summed E-state index contributed by atoms with van der Waals surface area (Å²) in [5.74, 6) is -2.79. The predicted molar refractivity (Wildman–Crippen MR) is 126 cm³/mol. The van der Waals surface area contributed by atoms with Gasteiger partial charge in [-0.15, -0.1) is 0 Å². The fourth-order valence-corrected chi connectivity index (χ4v) is 3.03. The molecule has 3 aromatic rings. The van der Waals surface area contributed by atoms with Crippen LogP contribution in [0.3, 0.4) is 0 Å². The van der Waals surface area contributed by atoms with E-state index in [1.807, 2.05) is 49.3 Å². The highest BCUT2D eigenvalue weighted by molar-refractivity contribution is 5.93. The maximum atomic E-state index is 13.7. The summed E-state index contributed by atoms with van der Waals surface area (Å²) in [6.45, 7) is 0.808. The number of hydrogen-bond donors (Lipinski definition) is 1. The summed E-state index contributed by atoms with van der Waals surface area (Å²) in [6.07, 6.45) is 0.446. The number of carboxylic acid groups (broad SMARTS) is 1. The van der Waals surface area contributed by atoms with E-state index >= 15 is 0 Å². The SMILES string of the molecule is CN(C)CCC(Oc1ccc(F)cc1F)c1ccccc1.O=C(O)c1cc([N+](=O)[O-])ccc1[N+](=O)[O-]. The Morgan fingerprint density at radius 2 is 1.67 bits per heavy atom. The zero-order valence-electron chi connectivity index (χ0n) is 19.3. The van der Waals surface area contributed by atoms with Crippen LogP contribution in [0.15, 0.2) is 66.7 Å². The molecule has 0 aliphatic heterocycles. The van der Waals surface area contributed by atoms with Crippen LogP contribution in [0, 0.1) is 31.9 Å². The van der Waals surface area contributed by atoms with Crippen LogP contribution in [-0.4, -0.2) is 46.5 Å². The first-order chi connectivity index (χ1) is 17.0. The van der Waals surface area contributed by atoms with Crippen molar-refractivity contribution in [1.82, 2.24) is 4.90 Å². The van der Waals surface area contributed by atoms with Gasteiger partial charge in [0.2, 0.25) is 0 Å². The van der Waals surface area contributed by atoms with E-state index < -0.39 is 44.4 Å². The minimum atomic E-state index is -1.58. The Kier molecular flexibility index (Phi) is 9.93. The van der Waals surface area contributed by atoms with Gasteiger partial charge in [-0.05, 0) is 31.8 Å². The van der Waals surface area contributed by atoms with E-state index in [-0.39, 0.29) is 11.9 Å². The lowest BCUT2D eigenvalue weighted by Gasteiger charge is -2.21. The maximum Gasteiger partial charge on any atom is 0.342 e. The molecule has 10 nitrogen and oxygen atoms in total. The summed E-state index contributed by atoms with van der Waals surface area (Å²) in [6, 6.07) is 15.3. The Morgan fingerprint density at radius 3 is 2.19 bits per heavy atom. The van der Waals surface area contributed by atoms with Gasteiger partial charge in [0.15, 0.2) is 11.6 Å². The lowest BCUT2D eigenvalue weighted by molar-refractivity contribution is -0.389. The normalized spacial score (nSPS) is 11.2. The van der Waals surface area contributed by atoms with E-state index in [4.69, 9.17) is 9.84 Å². The number of ether oxygens (including phenoxy) is 1. The molecule has 0 bridgehead atoms. The van der Waals surface area contributed by atoms with Crippen molar-refractivity contribution in [2.45, 2.75) is 12.5 Å². The van der Waals surface area contributed by atoms with Gasteiger partial charge >= 0.3 is 5.97 Å². The fourth-order valence-electron chi connectivity index (χ4n) is 3.03. The number of carboxylic acids is 1. The van der Waals surface area contributed by atoms with Gasteiger partial charge in [-0.25, -0.2) is 13.6 Å². The van der Waals surface area contributed by atoms with Crippen molar-refractivity contribution in [3.8, 4) is 5.75 Å². The number of hydrogen-bond acceptors (Lipinski definition) is 7. The number of nitrogens with zero attached hydrogens (tertiary/aromatic N) is 3. The molecule has 12 heteroatoms. The van der Waals surface area contributed by atoms with Crippen molar-refractivity contribution in [2.75, 3.05) is 20.6 Å². The van der Waals surface area contributed by atoms with Gasteiger partial charge in [-0.2, -0.15) is 0 Å². The molecule has 190 valence electrons. The molecule has 0 spiro atoms. The van der Waals surface area contributed by atoms with Gasteiger partial charge in [0.25, 0.3) is 11.4 Å². The van der Waals surface area contributed by atoms with Crippen molar-refractivity contribution < 1.29 is 33.3 Å². The third-order valence-electron chi connectivity index (χ3n) is 4.79. The third-order valence-corrected chi connectivity index (χ3v) is 4.79. The first-order valence-corrected chi connectivity index (χ1v) is 10.5. The molecule has 1 atom stereocenters. The van der Waals surface area contributed by atoms with E-state index in [0.717, 1.165) is 30.3 Å². The number of halogens is 2. The molecular formula is C24H23F2N3O7. The largest absolute Gasteiger partial charge is 0.483 e. The predicted octanol–water partition coefficient (Wildman–Crippen LogP) is 5.24. The van der Waals surface area contributed by atoms with Gasteiger partial charge < -0.3 is 14.7 Å². The van der Waals surface area contributed by atoms with E-state index in [2.05, 4.69) is 0 Å². The van der Waals surface area contributed by atoms with E-state index in [0.29, 0.717) is 12.5 Å². The zero-order valence-corrected chi connectivity index (χ0v) is 19.3. The molecule has 0 saturated heterocycles. The summed E-state index contributed by atoms with van der Waals surface area (Å²) in [5.41, 5.74) is -0.900. The standard InChI is InChI=1S/C17H19F2NO.C7H4N2O6/c1-20(2)11-10-16(13-6-4-3-5-7-13)21-17-9-8-14(18)12-15(17)19;10-7(11)5-3-4(8(12)13)1-2-6(5)9(14)15/h3-9,12,16H,10-11H2,1-2H3;1-3H,(H,10,11). The molecule has 0 heterocycles. The molecule has 0 aliphatic carbocycles. The molecule has 3 rings (SSSR count). The fraction of sp³-hybridized carbons (Fsp3) is 0.208. The van der Waals surface area contributed by atoms with Crippen molar-refractivity contribution in [3.63, 3.8) is 0 Å². The summed E-state index contributed by atoms with van der Waals surface area (Å²) in [5, 5.41) is 29.3. The Labute approximate surface area is 204 Å². The quantitative estimate of drug-likeness (QED) is 0.309. The van der Waals surface area contributed by atoms with Gasteiger partial charge in [0.05, 0.1) is 9.85 Å². The van der Waals surface area contributed by atoms with E-state index in [9.17, 15) is 33.8 Å². The number of rotatable bonds is 9. The van der Waals surface area contributed by atoms with E-state index in [1.54, 1.807) is 0 Å². The monoisotopic (exact) mass is 503 g/mol. The third kappa shape index (κ3) is 8.09. The number of carbonyl (C=O) groups is 1. The zero-order chi connectivity index (χ0) is 26.8. The first-order valence-electron chi connectivity index (χ1n) is 10.5. The highest BCUT2D eigenvalue weighted by Gasteiger charge is 2.23. The van der Waals surface area contributed by atoms with Gasteiger partial charge in [-0.1, -0.05) is 30.3 Å². The Morgan fingerprint density at radius 1 is 1.00 bits per heavy atom. The molecule has 0 amide bonds. The highest BCUT2D eigenvalue weighted by atomic mass is 19.1. The Hall–Kier alpha value is -4.45. The summed E-state index contributed by atoms with van der Waals surface area (Å²) >= 11 is 0. The average Bonchev–Trinajstić information content (AvgIpc) is 2.83. The summed E-state index contributed by atoms with van der Waals surface area (Å²) in [4.78, 5) is 31.6. The number of aromatic carboxylic acids is 1. The molecule has 1 unspecified atom stereocenters. The van der Waals surface area contributed by atoms with Crippen molar-refractivity contribution >= 4 is 17.3 Å². The molecule has 0 saturated carbocycles. The Balaban J connectivity index is 0.000000269. The lowest BCUT2D eigenvalue weighted by Crippen LogP contribution is -2.19. The number of nitro benzene ring substituents is 2. The second kappa shape index (κ2) is 12.9. The molecule has 1 N–H and O–H groups in total. The van der Waals surface area contributed by atoms with Crippen LogP contribution in [0.4, 0.5) is 20.2 Å². The summed E-state index contributed by atoms with van der Waals surface area (Å²) in [7, 11) is 3.95. The van der Waals surface area contributed by atoms with Crippen molar-refractivity contribution in [2.24, 2.45) is 0 Å². The molecule has 0 radical (unpaired) electrons. The number of benzene rings is 3. The van der Waals surface area contributed by atoms with Crippen LogP contribution < -0.4 is 4.74 Å². The van der Waals surface area contributed by atoms with E-state index in [1.165, 1.54) is 12.1 Å². The van der Waals surface area contributed by atoms with Crippen LogP contribution in [-0.2, 0) is 0 Å². The maximum absolute atomic E-state index is 13.7. The van der Waals surface area contributed by atoms with Crippen LogP contribution in [0.2, 0.25) is 0 Å². The van der Waals surface area contributed by atoms with Crippen molar-refractivity contribution in [3.05, 3.63) is 110 Å².